The van der Waals surface area contributed by atoms with E-state index in [9.17, 15) is 9.59 Å². The third-order valence-electron chi connectivity index (χ3n) is 5.90. The highest BCUT2D eigenvalue weighted by Crippen LogP contribution is 2.29. The highest BCUT2D eigenvalue weighted by molar-refractivity contribution is 9.10. The highest BCUT2D eigenvalue weighted by atomic mass is 79.9. The fourth-order valence-electron chi connectivity index (χ4n) is 3.91. The molecule has 0 aliphatic carbocycles. The molecule has 1 N–H and O–H groups in total. The number of carbonyl (C=O) groups is 2. The molecule has 3 rings (SSSR count). The quantitative estimate of drug-likeness (QED) is 0.348. The van der Waals surface area contributed by atoms with Gasteiger partial charge in [0.25, 0.3) is 0 Å². The molecule has 3 aromatic rings. The molecule has 1 atom stereocenters. The van der Waals surface area contributed by atoms with Crippen molar-refractivity contribution >= 4 is 27.7 Å². The predicted molar refractivity (Wildman–Crippen MR) is 141 cm³/mol. The SMILES string of the molecule is CC(C)CNC(=O)C(C)N(Cc1ccc(Br)cc1)C(=O)CC(c1ccccc1)c1ccccc1. The van der Waals surface area contributed by atoms with Gasteiger partial charge in [-0.1, -0.05) is 103 Å². The van der Waals surface area contributed by atoms with Crippen molar-refractivity contribution in [1.82, 2.24) is 10.2 Å². The second kappa shape index (κ2) is 12.5. The predicted octanol–water partition coefficient (Wildman–Crippen LogP) is 6.16. The van der Waals surface area contributed by atoms with Crippen molar-refractivity contribution in [3.63, 3.8) is 0 Å². The first-order valence-corrected chi connectivity index (χ1v) is 12.6. The van der Waals surface area contributed by atoms with Crippen molar-refractivity contribution in [3.05, 3.63) is 106 Å². The summed E-state index contributed by atoms with van der Waals surface area (Å²) < 4.78 is 0.977. The Morgan fingerprint density at radius 1 is 0.824 bits per heavy atom. The van der Waals surface area contributed by atoms with Gasteiger partial charge in [-0.25, -0.2) is 0 Å². The minimum absolute atomic E-state index is 0.0483. The maximum atomic E-state index is 13.8. The first kappa shape index (κ1) is 25.7. The second-order valence-corrected chi connectivity index (χ2v) is 9.96. The Balaban J connectivity index is 1.88. The van der Waals surface area contributed by atoms with E-state index in [1.165, 1.54) is 0 Å². The maximum absolute atomic E-state index is 13.8. The van der Waals surface area contributed by atoms with Crippen molar-refractivity contribution in [1.29, 1.82) is 0 Å². The Bertz CT molecular complexity index is 1010. The second-order valence-electron chi connectivity index (χ2n) is 9.04. The minimum Gasteiger partial charge on any atom is -0.354 e. The summed E-state index contributed by atoms with van der Waals surface area (Å²) in [6.07, 6.45) is 0.284. The largest absolute Gasteiger partial charge is 0.354 e. The number of halogens is 1. The number of hydrogen-bond donors (Lipinski definition) is 1. The monoisotopic (exact) mass is 520 g/mol. The molecule has 0 heterocycles. The Morgan fingerprint density at radius 3 is 1.85 bits per heavy atom. The smallest absolute Gasteiger partial charge is 0.242 e. The van der Waals surface area contributed by atoms with Gasteiger partial charge in [-0.15, -0.1) is 0 Å². The summed E-state index contributed by atoms with van der Waals surface area (Å²) >= 11 is 3.47. The summed E-state index contributed by atoms with van der Waals surface area (Å²) in [5.74, 6) is 0.0727. The summed E-state index contributed by atoms with van der Waals surface area (Å²) in [6, 6.07) is 27.5. The molecule has 178 valence electrons. The van der Waals surface area contributed by atoms with E-state index in [1.54, 1.807) is 4.90 Å². The molecule has 0 fully saturated rings. The molecular weight excluding hydrogens is 488 g/mol. The van der Waals surface area contributed by atoms with Gasteiger partial charge in [-0.3, -0.25) is 9.59 Å². The standard InChI is InChI=1S/C29H33BrN2O2/c1-21(2)19-31-29(34)22(3)32(20-23-14-16-26(30)17-15-23)28(33)18-27(24-10-6-4-7-11-24)25-12-8-5-9-13-25/h4-17,21-22,27H,18-20H2,1-3H3,(H,31,34). The van der Waals surface area contributed by atoms with Gasteiger partial charge >= 0.3 is 0 Å². The number of benzene rings is 3. The molecule has 0 bridgehead atoms. The Kier molecular flexibility index (Phi) is 9.46. The van der Waals surface area contributed by atoms with Crippen LogP contribution in [0.25, 0.3) is 0 Å². The number of hydrogen-bond acceptors (Lipinski definition) is 2. The summed E-state index contributed by atoms with van der Waals surface area (Å²) in [5.41, 5.74) is 3.15. The molecule has 2 amide bonds. The fraction of sp³-hybridized carbons (Fsp3) is 0.310. The topological polar surface area (TPSA) is 49.4 Å². The van der Waals surface area contributed by atoms with Crippen LogP contribution in [0.4, 0.5) is 0 Å². The van der Waals surface area contributed by atoms with Gasteiger partial charge in [0.15, 0.2) is 0 Å². The molecule has 5 heteroatoms. The summed E-state index contributed by atoms with van der Waals surface area (Å²) in [5, 5.41) is 2.99. The van der Waals surface area contributed by atoms with E-state index in [0.29, 0.717) is 19.0 Å². The van der Waals surface area contributed by atoms with Crippen LogP contribution in [-0.2, 0) is 16.1 Å². The average molecular weight is 521 g/mol. The summed E-state index contributed by atoms with van der Waals surface area (Å²) in [7, 11) is 0. The third kappa shape index (κ3) is 7.29. The van der Waals surface area contributed by atoms with E-state index < -0.39 is 6.04 Å². The number of nitrogens with one attached hydrogen (secondary N) is 1. The van der Waals surface area contributed by atoms with E-state index in [1.807, 2.05) is 67.6 Å². The van der Waals surface area contributed by atoms with Crippen LogP contribution in [0.2, 0.25) is 0 Å². The van der Waals surface area contributed by atoms with Crippen LogP contribution in [0, 0.1) is 5.92 Å². The Hall–Kier alpha value is -2.92. The van der Waals surface area contributed by atoms with E-state index in [4.69, 9.17) is 0 Å². The average Bonchev–Trinajstić information content (AvgIpc) is 2.86. The lowest BCUT2D eigenvalue weighted by molar-refractivity contribution is -0.140. The first-order chi connectivity index (χ1) is 16.3. The molecule has 1 unspecified atom stereocenters. The van der Waals surface area contributed by atoms with Crippen LogP contribution in [0.5, 0.6) is 0 Å². The molecule has 0 saturated heterocycles. The van der Waals surface area contributed by atoms with Gasteiger partial charge in [0, 0.05) is 29.9 Å². The van der Waals surface area contributed by atoms with Crippen molar-refractivity contribution in [3.8, 4) is 0 Å². The number of nitrogens with zero attached hydrogens (tertiary/aromatic N) is 1. The van der Waals surface area contributed by atoms with Crippen LogP contribution >= 0.6 is 15.9 Å². The van der Waals surface area contributed by atoms with Gasteiger partial charge < -0.3 is 10.2 Å². The van der Waals surface area contributed by atoms with Crippen molar-refractivity contribution in [2.75, 3.05) is 6.54 Å². The van der Waals surface area contributed by atoms with Gasteiger partial charge in [0.05, 0.1) is 0 Å². The van der Waals surface area contributed by atoms with Gasteiger partial charge in [-0.2, -0.15) is 0 Å². The van der Waals surface area contributed by atoms with Crippen LogP contribution in [0.3, 0.4) is 0 Å². The van der Waals surface area contributed by atoms with Crippen LogP contribution in [-0.4, -0.2) is 29.3 Å². The van der Waals surface area contributed by atoms with Crippen LogP contribution < -0.4 is 5.32 Å². The van der Waals surface area contributed by atoms with Crippen molar-refractivity contribution in [2.24, 2.45) is 5.92 Å². The number of rotatable bonds is 10. The van der Waals surface area contributed by atoms with Gasteiger partial charge in [-0.05, 0) is 41.7 Å². The van der Waals surface area contributed by atoms with E-state index in [2.05, 4.69) is 59.4 Å². The highest BCUT2D eigenvalue weighted by Gasteiger charge is 2.29. The number of amides is 2. The molecule has 34 heavy (non-hydrogen) atoms. The Labute approximate surface area is 211 Å². The van der Waals surface area contributed by atoms with Crippen LogP contribution in [0.15, 0.2) is 89.4 Å². The molecule has 0 saturated carbocycles. The third-order valence-corrected chi connectivity index (χ3v) is 6.43. The first-order valence-electron chi connectivity index (χ1n) is 11.8. The summed E-state index contributed by atoms with van der Waals surface area (Å²) in [6.45, 7) is 6.88. The molecule has 0 aliphatic heterocycles. The van der Waals surface area contributed by atoms with E-state index in [0.717, 1.165) is 21.2 Å². The molecule has 3 aromatic carbocycles. The lowest BCUT2D eigenvalue weighted by atomic mass is 9.88. The summed E-state index contributed by atoms with van der Waals surface area (Å²) in [4.78, 5) is 28.4. The zero-order valence-corrected chi connectivity index (χ0v) is 21.7. The zero-order chi connectivity index (χ0) is 24.5. The minimum atomic E-state index is -0.581. The molecule has 0 aromatic heterocycles. The maximum Gasteiger partial charge on any atom is 0.242 e. The molecule has 0 radical (unpaired) electrons. The van der Waals surface area contributed by atoms with Crippen molar-refractivity contribution < 1.29 is 9.59 Å². The fourth-order valence-corrected chi connectivity index (χ4v) is 4.18. The lowest BCUT2D eigenvalue weighted by Crippen LogP contribution is -2.48. The van der Waals surface area contributed by atoms with E-state index in [-0.39, 0.29) is 24.2 Å². The Morgan fingerprint density at radius 2 is 1.35 bits per heavy atom. The number of carbonyl (C=O) groups excluding carboxylic acids is 2. The molecule has 4 nitrogen and oxygen atoms in total. The molecule has 0 aliphatic rings. The van der Waals surface area contributed by atoms with Crippen LogP contribution in [0.1, 0.15) is 49.8 Å². The lowest BCUT2D eigenvalue weighted by Gasteiger charge is -2.31. The molecule has 0 spiro atoms. The van der Waals surface area contributed by atoms with Gasteiger partial charge in [0.2, 0.25) is 11.8 Å². The molecular formula is C29H33BrN2O2. The van der Waals surface area contributed by atoms with E-state index >= 15 is 0 Å². The van der Waals surface area contributed by atoms with Gasteiger partial charge in [0.1, 0.15) is 6.04 Å². The normalized spacial score (nSPS) is 11.9. The zero-order valence-electron chi connectivity index (χ0n) is 20.1. The van der Waals surface area contributed by atoms with Crippen molar-refractivity contribution in [2.45, 2.75) is 45.7 Å².